The highest BCUT2D eigenvalue weighted by molar-refractivity contribution is 7.92. The summed E-state index contributed by atoms with van der Waals surface area (Å²) in [6, 6.07) is 6.91. The van der Waals surface area contributed by atoms with Gasteiger partial charge in [0.15, 0.2) is 9.84 Å². The molecule has 1 aromatic carbocycles. The number of hydrogen-bond acceptors (Lipinski definition) is 5. The van der Waals surface area contributed by atoms with Crippen LogP contribution in [0.15, 0.2) is 24.3 Å². The zero-order chi connectivity index (χ0) is 16.9. The predicted octanol–water partition coefficient (Wildman–Crippen LogP) is 1.29. The van der Waals surface area contributed by atoms with Gasteiger partial charge in [0.2, 0.25) is 5.91 Å². The minimum Gasteiger partial charge on any atom is -0.496 e. The van der Waals surface area contributed by atoms with Crippen molar-refractivity contribution in [2.75, 3.05) is 20.3 Å². The van der Waals surface area contributed by atoms with Crippen LogP contribution in [0.25, 0.3) is 0 Å². The summed E-state index contributed by atoms with van der Waals surface area (Å²) in [5.74, 6) is -0.218. The molecule has 7 heteroatoms. The summed E-state index contributed by atoms with van der Waals surface area (Å²) in [6.07, 6.45) is 1.85. The van der Waals surface area contributed by atoms with Gasteiger partial charge in [-0.1, -0.05) is 18.2 Å². The van der Waals surface area contributed by atoms with Crippen LogP contribution >= 0.6 is 0 Å². The van der Waals surface area contributed by atoms with Crippen LogP contribution < -0.4 is 10.1 Å². The molecule has 1 fully saturated rings. The van der Waals surface area contributed by atoms with Gasteiger partial charge in [-0.25, -0.2) is 8.42 Å². The standard InChI is InChI=1S/C16H23NO5S/c1-12(16(18)17-10-14-7-5-9-22-14)23(19,20)11-13-6-3-4-8-15(13)21-2/h3-4,6,8,12,14H,5,7,9-11H2,1-2H3,(H,17,18). The van der Waals surface area contributed by atoms with Gasteiger partial charge in [0, 0.05) is 18.7 Å². The number of carbonyl (C=O) groups excluding carboxylic acids is 1. The van der Waals surface area contributed by atoms with E-state index >= 15 is 0 Å². The molecule has 2 atom stereocenters. The van der Waals surface area contributed by atoms with Crippen molar-refractivity contribution in [2.24, 2.45) is 0 Å². The average Bonchev–Trinajstić information content (AvgIpc) is 3.05. The second-order valence-corrected chi connectivity index (χ2v) is 7.96. The zero-order valence-electron chi connectivity index (χ0n) is 13.4. The molecule has 6 nitrogen and oxygen atoms in total. The van der Waals surface area contributed by atoms with Crippen molar-refractivity contribution in [3.8, 4) is 5.75 Å². The molecule has 2 unspecified atom stereocenters. The molecule has 0 aromatic heterocycles. The molecule has 1 N–H and O–H groups in total. The summed E-state index contributed by atoms with van der Waals surface area (Å²) in [5, 5.41) is 1.55. The minimum absolute atomic E-state index is 0.0110. The Labute approximate surface area is 137 Å². The van der Waals surface area contributed by atoms with Crippen molar-refractivity contribution < 1.29 is 22.7 Å². The highest BCUT2D eigenvalue weighted by Crippen LogP contribution is 2.21. The number of ether oxygens (including phenoxy) is 2. The van der Waals surface area contributed by atoms with Crippen LogP contribution in [0.3, 0.4) is 0 Å². The van der Waals surface area contributed by atoms with Crippen LogP contribution in [0.5, 0.6) is 5.75 Å². The lowest BCUT2D eigenvalue weighted by Crippen LogP contribution is -2.41. The van der Waals surface area contributed by atoms with E-state index in [9.17, 15) is 13.2 Å². The third kappa shape index (κ3) is 4.68. The van der Waals surface area contributed by atoms with Gasteiger partial charge in [0.25, 0.3) is 0 Å². The van der Waals surface area contributed by atoms with Gasteiger partial charge in [0.05, 0.1) is 19.0 Å². The first-order valence-electron chi connectivity index (χ1n) is 7.67. The molecule has 1 heterocycles. The maximum Gasteiger partial charge on any atom is 0.238 e. The fourth-order valence-electron chi connectivity index (χ4n) is 2.49. The maximum absolute atomic E-state index is 12.5. The van der Waals surface area contributed by atoms with Gasteiger partial charge in [0.1, 0.15) is 11.0 Å². The van der Waals surface area contributed by atoms with Gasteiger partial charge in [-0.2, -0.15) is 0 Å². The van der Waals surface area contributed by atoms with Crippen molar-refractivity contribution in [3.05, 3.63) is 29.8 Å². The van der Waals surface area contributed by atoms with E-state index < -0.39 is 21.0 Å². The van der Waals surface area contributed by atoms with Crippen LogP contribution in [0, 0.1) is 0 Å². The summed E-state index contributed by atoms with van der Waals surface area (Å²) in [5.41, 5.74) is 0.550. The second-order valence-electron chi connectivity index (χ2n) is 5.64. The van der Waals surface area contributed by atoms with Crippen molar-refractivity contribution in [1.29, 1.82) is 0 Å². The number of methoxy groups -OCH3 is 1. The summed E-state index contributed by atoms with van der Waals surface area (Å²) >= 11 is 0. The largest absolute Gasteiger partial charge is 0.496 e. The Morgan fingerprint density at radius 2 is 2.17 bits per heavy atom. The number of amides is 1. The maximum atomic E-state index is 12.5. The molecule has 0 aliphatic carbocycles. The molecular formula is C16H23NO5S. The molecule has 0 saturated carbocycles. The lowest BCUT2D eigenvalue weighted by atomic mass is 10.2. The molecule has 1 amide bonds. The lowest BCUT2D eigenvalue weighted by molar-refractivity contribution is -0.120. The minimum atomic E-state index is -3.62. The lowest BCUT2D eigenvalue weighted by Gasteiger charge is -2.16. The van der Waals surface area contributed by atoms with E-state index in [0.717, 1.165) is 12.8 Å². The van der Waals surface area contributed by atoms with Crippen LogP contribution in [0.2, 0.25) is 0 Å². The molecule has 1 aliphatic heterocycles. The Morgan fingerprint density at radius 3 is 2.83 bits per heavy atom. The summed E-state index contributed by atoms with van der Waals surface area (Å²) in [6.45, 7) is 2.46. The van der Waals surface area contributed by atoms with E-state index in [0.29, 0.717) is 24.5 Å². The quantitative estimate of drug-likeness (QED) is 0.808. The van der Waals surface area contributed by atoms with E-state index in [4.69, 9.17) is 9.47 Å². The van der Waals surface area contributed by atoms with Crippen LogP contribution in [0.4, 0.5) is 0 Å². The number of para-hydroxylation sites is 1. The van der Waals surface area contributed by atoms with Crippen LogP contribution in [0.1, 0.15) is 25.3 Å². The van der Waals surface area contributed by atoms with E-state index in [1.165, 1.54) is 14.0 Å². The van der Waals surface area contributed by atoms with Crippen molar-refractivity contribution in [3.63, 3.8) is 0 Å². The zero-order valence-corrected chi connectivity index (χ0v) is 14.3. The Bertz CT molecular complexity index is 638. The van der Waals surface area contributed by atoms with E-state index in [2.05, 4.69) is 5.32 Å². The van der Waals surface area contributed by atoms with Crippen molar-refractivity contribution in [1.82, 2.24) is 5.32 Å². The first-order chi connectivity index (χ1) is 10.9. The van der Waals surface area contributed by atoms with Gasteiger partial charge in [-0.3, -0.25) is 4.79 Å². The third-order valence-electron chi connectivity index (χ3n) is 3.99. The third-order valence-corrected chi connectivity index (χ3v) is 5.99. The highest BCUT2D eigenvalue weighted by atomic mass is 32.2. The number of benzene rings is 1. The Morgan fingerprint density at radius 1 is 1.43 bits per heavy atom. The van der Waals surface area contributed by atoms with Gasteiger partial charge in [-0.15, -0.1) is 0 Å². The number of rotatable bonds is 7. The second kappa shape index (κ2) is 7.79. The van der Waals surface area contributed by atoms with Gasteiger partial charge >= 0.3 is 0 Å². The SMILES string of the molecule is COc1ccccc1CS(=O)(=O)C(C)C(=O)NCC1CCCO1. The molecule has 0 spiro atoms. The number of nitrogens with one attached hydrogen (secondary N) is 1. The predicted molar refractivity (Wildman–Crippen MR) is 87.1 cm³/mol. The Kier molecular flexibility index (Phi) is 6.01. The Balaban J connectivity index is 1.98. The fraction of sp³-hybridized carbons (Fsp3) is 0.562. The van der Waals surface area contributed by atoms with E-state index in [1.54, 1.807) is 24.3 Å². The smallest absolute Gasteiger partial charge is 0.238 e. The molecule has 23 heavy (non-hydrogen) atoms. The summed E-state index contributed by atoms with van der Waals surface area (Å²) in [7, 11) is -2.13. The Hall–Kier alpha value is -1.60. The van der Waals surface area contributed by atoms with Crippen LogP contribution in [-0.2, 0) is 25.1 Å². The summed E-state index contributed by atoms with van der Waals surface area (Å²) < 4.78 is 35.5. The monoisotopic (exact) mass is 341 g/mol. The highest BCUT2D eigenvalue weighted by Gasteiger charge is 2.29. The molecular weight excluding hydrogens is 318 g/mol. The molecule has 2 rings (SSSR count). The molecule has 0 radical (unpaired) electrons. The number of carbonyl (C=O) groups is 1. The fourth-order valence-corrected chi connectivity index (χ4v) is 3.82. The van der Waals surface area contributed by atoms with Gasteiger partial charge in [-0.05, 0) is 25.8 Å². The molecule has 1 saturated heterocycles. The molecule has 0 bridgehead atoms. The van der Waals surface area contributed by atoms with Crippen molar-refractivity contribution in [2.45, 2.75) is 36.9 Å². The number of sulfone groups is 1. The summed E-state index contributed by atoms with van der Waals surface area (Å²) in [4.78, 5) is 12.1. The number of hydrogen-bond donors (Lipinski definition) is 1. The van der Waals surface area contributed by atoms with Crippen molar-refractivity contribution >= 4 is 15.7 Å². The van der Waals surface area contributed by atoms with Crippen LogP contribution in [-0.4, -0.2) is 45.9 Å². The van der Waals surface area contributed by atoms with E-state index in [-0.39, 0.29) is 11.9 Å². The molecule has 1 aliphatic rings. The van der Waals surface area contributed by atoms with E-state index in [1.807, 2.05) is 0 Å². The molecule has 1 aromatic rings. The first kappa shape index (κ1) is 17.7. The first-order valence-corrected chi connectivity index (χ1v) is 9.38. The average molecular weight is 341 g/mol. The topological polar surface area (TPSA) is 81.7 Å². The van der Waals surface area contributed by atoms with Gasteiger partial charge < -0.3 is 14.8 Å². The normalized spacial score (nSPS) is 19.3. The molecule has 128 valence electrons.